The quantitative estimate of drug-likeness (QED) is 0.410. The van der Waals surface area contributed by atoms with Gasteiger partial charge in [0.1, 0.15) is 11.2 Å². The molecule has 0 radical (unpaired) electrons. The summed E-state index contributed by atoms with van der Waals surface area (Å²) in [5, 5.41) is 12.5. The van der Waals surface area contributed by atoms with E-state index in [0.29, 0.717) is 29.9 Å². The Hall–Kier alpha value is -4.26. The molecule has 2 N–H and O–H groups in total. The molecule has 6 rings (SSSR count). The molecular weight excluding hydrogens is 454 g/mol. The summed E-state index contributed by atoms with van der Waals surface area (Å²) in [5.41, 5.74) is 4.05. The maximum atomic E-state index is 13.1. The van der Waals surface area contributed by atoms with Gasteiger partial charge in [-0.2, -0.15) is 0 Å². The lowest BCUT2D eigenvalue weighted by Gasteiger charge is -2.14. The van der Waals surface area contributed by atoms with Gasteiger partial charge in [-0.05, 0) is 72.1 Å². The largest absolute Gasteiger partial charge is 0.481 e. The molecular formula is C29H25N3O4. The van der Waals surface area contributed by atoms with Crippen LogP contribution in [0.4, 0.5) is 0 Å². The summed E-state index contributed by atoms with van der Waals surface area (Å²) in [6.07, 6.45) is 6.13. The van der Waals surface area contributed by atoms with Gasteiger partial charge < -0.3 is 15.0 Å². The number of hydrogen-bond acceptors (Lipinski definition) is 4. The molecule has 4 aromatic rings. The highest BCUT2D eigenvalue weighted by molar-refractivity contribution is 5.97. The standard InChI is InChI=1S/C29H25N3O4/c33-26-22-5-2-12-30-27(22)32(16-25(26)28(34)31-15-17-6-7-17)21-4-1-3-20(13-21)18-8-10-19(11-9-18)23-14-24(23)29(35)36/h1-5,8-13,16-17,23-24H,6-7,14-15H2,(H,31,34)(H,35,36)/t23-,24+/m0/s1. The van der Waals surface area contributed by atoms with Gasteiger partial charge in [0, 0.05) is 24.6 Å². The zero-order valence-electron chi connectivity index (χ0n) is 19.6. The van der Waals surface area contributed by atoms with Crippen molar-refractivity contribution in [2.24, 2.45) is 11.8 Å². The number of carbonyl (C=O) groups excluding carboxylic acids is 1. The molecule has 0 bridgehead atoms. The van der Waals surface area contributed by atoms with Crippen LogP contribution < -0.4 is 10.7 Å². The zero-order chi connectivity index (χ0) is 24.8. The van der Waals surface area contributed by atoms with Crippen molar-refractivity contribution in [3.63, 3.8) is 0 Å². The number of pyridine rings is 2. The van der Waals surface area contributed by atoms with Crippen LogP contribution in [0.2, 0.25) is 0 Å². The lowest BCUT2D eigenvalue weighted by Crippen LogP contribution is -2.31. The predicted octanol–water partition coefficient (Wildman–Crippen LogP) is 4.38. The van der Waals surface area contributed by atoms with Gasteiger partial charge in [0.25, 0.3) is 5.91 Å². The van der Waals surface area contributed by atoms with Crippen molar-refractivity contribution in [3.05, 3.63) is 94.4 Å². The van der Waals surface area contributed by atoms with E-state index in [1.165, 1.54) is 0 Å². The molecule has 2 heterocycles. The molecule has 0 unspecified atom stereocenters. The predicted molar refractivity (Wildman–Crippen MR) is 136 cm³/mol. The van der Waals surface area contributed by atoms with Crippen molar-refractivity contribution in [2.75, 3.05) is 6.54 Å². The molecule has 2 aliphatic carbocycles. The number of aromatic nitrogens is 2. The van der Waals surface area contributed by atoms with Crippen LogP contribution in [0.1, 0.15) is 41.1 Å². The Labute approximate surface area is 207 Å². The number of rotatable bonds is 7. The second-order valence-corrected chi connectivity index (χ2v) is 9.73. The minimum Gasteiger partial charge on any atom is -0.481 e. The molecule has 2 aliphatic rings. The van der Waals surface area contributed by atoms with E-state index in [2.05, 4.69) is 10.3 Å². The van der Waals surface area contributed by atoms with E-state index in [0.717, 1.165) is 35.2 Å². The number of benzene rings is 2. The number of fused-ring (bicyclic) bond motifs is 1. The maximum Gasteiger partial charge on any atom is 0.307 e. The number of carboxylic acids is 1. The number of carbonyl (C=O) groups is 2. The lowest BCUT2D eigenvalue weighted by atomic mass is 10.0. The molecule has 2 aromatic heterocycles. The van der Waals surface area contributed by atoms with Gasteiger partial charge in [-0.1, -0.05) is 36.4 Å². The Morgan fingerprint density at radius 2 is 1.83 bits per heavy atom. The minimum absolute atomic E-state index is 0.0889. The summed E-state index contributed by atoms with van der Waals surface area (Å²) in [4.78, 5) is 41.6. The Morgan fingerprint density at radius 1 is 1.03 bits per heavy atom. The molecule has 2 saturated carbocycles. The molecule has 0 saturated heterocycles. The Bertz CT molecular complexity index is 1550. The molecule has 2 atom stereocenters. The van der Waals surface area contributed by atoms with Gasteiger partial charge in [0.2, 0.25) is 5.43 Å². The molecule has 1 amide bonds. The summed E-state index contributed by atoms with van der Waals surface area (Å²) >= 11 is 0. The number of hydrogen-bond donors (Lipinski definition) is 2. The number of amides is 1. The van der Waals surface area contributed by atoms with Crippen molar-refractivity contribution in [3.8, 4) is 16.8 Å². The van der Waals surface area contributed by atoms with E-state index in [-0.39, 0.29) is 28.7 Å². The molecule has 36 heavy (non-hydrogen) atoms. The monoisotopic (exact) mass is 479 g/mol. The summed E-state index contributed by atoms with van der Waals surface area (Å²) in [6.45, 7) is 0.586. The first-order chi connectivity index (χ1) is 17.5. The van der Waals surface area contributed by atoms with Crippen LogP contribution in [0.25, 0.3) is 27.8 Å². The second-order valence-electron chi connectivity index (χ2n) is 9.73. The number of nitrogens with one attached hydrogen (secondary N) is 1. The first-order valence-corrected chi connectivity index (χ1v) is 12.2. The van der Waals surface area contributed by atoms with Crippen LogP contribution >= 0.6 is 0 Å². The Balaban J connectivity index is 1.36. The highest BCUT2D eigenvalue weighted by atomic mass is 16.4. The Kier molecular flexibility index (Phi) is 5.40. The van der Waals surface area contributed by atoms with E-state index in [1.54, 1.807) is 29.1 Å². The van der Waals surface area contributed by atoms with E-state index in [1.807, 2.05) is 48.5 Å². The molecule has 0 spiro atoms. The number of nitrogens with zero attached hydrogens (tertiary/aromatic N) is 2. The minimum atomic E-state index is -0.737. The van der Waals surface area contributed by atoms with Crippen LogP contribution in [-0.4, -0.2) is 33.1 Å². The highest BCUT2D eigenvalue weighted by Crippen LogP contribution is 2.47. The highest BCUT2D eigenvalue weighted by Gasteiger charge is 2.44. The zero-order valence-corrected chi connectivity index (χ0v) is 19.6. The third kappa shape index (κ3) is 4.17. The van der Waals surface area contributed by atoms with Crippen molar-refractivity contribution in [1.82, 2.24) is 14.9 Å². The first-order valence-electron chi connectivity index (χ1n) is 12.2. The van der Waals surface area contributed by atoms with Gasteiger partial charge >= 0.3 is 5.97 Å². The van der Waals surface area contributed by atoms with Crippen molar-refractivity contribution < 1.29 is 14.7 Å². The molecule has 7 nitrogen and oxygen atoms in total. The summed E-state index contributed by atoms with van der Waals surface area (Å²) < 4.78 is 1.79. The van der Waals surface area contributed by atoms with Crippen LogP contribution in [0.5, 0.6) is 0 Å². The molecule has 7 heteroatoms. The van der Waals surface area contributed by atoms with E-state index in [4.69, 9.17) is 0 Å². The van der Waals surface area contributed by atoms with Crippen LogP contribution in [0.15, 0.2) is 77.9 Å². The first kappa shape index (κ1) is 22.2. The molecule has 2 fully saturated rings. The van der Waals surface area contributed by atoms with Gasteiger partial charge in [-0.3, -0.25) is 14.4 Å². The fourth-order valence-electron chi connectivity index (χ4n) is 4.77. The Morgan fingerprint density at radius 3 is 2.56 bits per heavy atom. The van der Waals surface area contributed by atoms with Crippen molar-refractivity contribution >= 4 is 22.9 Å². The summed E-state index contributed by atoms with van der Waals surface area (Å²) in [7, 11) is 0. The normalized spacial score (nSPS) is 18.7. The van der Waals surface area contributed by atoms with Gasteiger partial charge in [-0.15, -0.1) is 0 Å². The second kappa shape index (κ2) is 8.75. The lowest BCUT2D eigenvalue weighted by molar-refractivity contribution is -0.138. The van der Waals surface area contributed by atoms with Crippen LogP contribution in [-0.2, 0) is 4.79 Å². The van der Waals surface area contributed by atoms with Crippen LogP contribution in [0, 0.1) is 11.8 Å². The number of aliphatic carboxylic acids is 1. The van der Waals surface area contributed by atoms with Crippen molar-refractivity contribution in [2.45, 2.75) is 25.2 Å². The smallest absolute Gasteiger partial charge is 0.307 e. The summed E-state index contributed by atoms with van der Waals surface area (Å²) in [6, 6.07) is 19.2. The fraction of sp³-hybridized carbons (Fsp3) is 0.241. The molecule has 2 aromatic carbocycles. The third-order valence-electron chi connectivity index (χ3n) is 7.16. The topological polar surface area (TPSA) is 101 Å². The van der Waals surface area contributed by atoms with Crippen molar-refractivity contribution in [1.29, 1.82) is 0 Å². The van der Waals surface area contributed by atoms with Crippen LogP contribution in [0.3, 0.4) is 0 Å². The van der Waals surface area contributed by atoms with Gasteiger partial charge in [0.05, 0.1) is 11.3 Å². The van der Waals surface area contributed by atoms with Gasteiger partial charge in [0.15, 0.2) is 0 Å². The average molecular weight is 480 g/mol. The SMILES string of the molecule is O=C(NCC1CC1)c1cn(-c2cccc(-c3ccc([C@@H]4C[C@H]4C(=O)O)cc3)c2)c2ncccc2c1=O. The third-order valence-corrected chi connectivity index (χ3v) is 7.16. The molecule has 0 aliphatic heterocycles. The van der Waals surface area contributed by atoms with E-state index >= 15 is 0 Å². The molecule has 180 valence electrons. The number of carboxylic acid groups (broad SMARTS) is 1. The average Bonchev–Trinajstić information content (AvgIpc) is 3.82. The fourth-order valence-corrected chi connectivity index (χ4v) is 4.77. The van der Waals surface area contributed by atoms with Gasteiger partial charge in [-0.25, -0.2) is 4.98 Å². The summed E-state index contributed by atoms with van der Waals surface area (Å²) in [5.74, 6) is -0.782. The van der Waals surface area contributed by atoms with E-state index in [9.17, 15) is 19.5 Å². The maximum absolute atomic E-state index is 13.1. The van der Waals surface area contributed by atoms with E-state index < -0.39 is 5.97 Å².